The number of carbonyl (C=O) groups excluding carboxylic acids is 1. The molecule has 4 rings (SSSR count). The molecular formula is C20H29N3O. The zero-order valence-corrected chi connectivity index (χ0v) is 14.8. The standard InChI is InChI=1S/C20H29N3O/c1-15-3-2-4-18(22-15)13-21-17-7-10-20(11-8-17)12-9-19(24)23(20)14-16-5-6-16/h2-4,16-17,21H,5-14H2,1H3. The Bertz CT molecular complexity index is 603. The SMILES string of the molecule is Cc1cccc(CNC2CCC3(CCC(=O)N3CC3CC3)CC2)n1. The van der Waals surface area contributed by atoms with E-state index in [2.05, 4.69) is 27.3 Å². The number of nitrogens with one attached hydrogen (secondary N) is 1. The van der Waals surface area contributed by atoms with E-state index in [-0.39, 0.29) is 5.54 Å². The highest BCUT2D eigenvalue weighted by molar-refractivity contribution is 5.79. The molecule has 3 aliphatic rings. The van der Waals surface area contributed by atoms with Crippen molar-refractivity contribution in [1.29, 1.82) is 0 Å². The molecule has 4 nitrogen and oxygen atoms in total. The Kier molecular flexibility index (Phi) is 4.33. The lowest BCUT2D eigenvalue weighted by Gasteiger charge is -2.44. The molecule has 0 bridgehead atoms. The summed E-state index contributed by atoms with van der Waals surface area (Å²) in [5, 5.41) is 3.68. The lowest BCUT2D eigenvalue weighted by Crippen LogP contribution is -2.51. The molecule has 0 unspecified atom stereocenters. The number of carbonyl (C=O) groups is 1. The van der Waals surface area contributed by atoms with E-state index in [9.17, 15) is 4.79 Å². The lowest BCUT2D eigenvalue weighted by molar-refractivity contribution is -0.132. The molecule has 1 aromatic heterocycles. The van der Waals surface area contributed by atoms with Crippen molar-refractivity contribution in [2.75, 3.05) is 6.54 Å². The van der Waals surface area contributed by atoms with Gasteiger partial charge in [-0.2, -0.15) is 0 Å². The van der Waals surface area contributed by atoms with E-state index in [1.165, 1.54) is 38.5 Å². The molecule has 1 aromatic rings. The van der Waals surface area contributed by atoms with Crippen molar-refractivity contribution in [2.24, 2.45) is 5.92 Å². The van der Waals surface area contributed by atoms with E-state index in [0.29, 0.717) is 11.9 Å². The zero-order chi connectivity index (χ0) is 16.6. The van der Waals surface area contributed by atoms with Gasteiger partial charge in [0.15, 0.2) is 0 Å². The van der Waals surface area contributed by atoms with Crippen LogP contribution >= 0.6 is 0 Å². The molecule has 0 radical (unpaired) electrons. The summed E-state index contributed by atoms with van der Waals surface area (Å²) in [6, 6.07) is 6.78. The van der Waals surface area contributed by atoms with Gasteiger partial charge in [0.2, 0.25) is 5.91 Å². The van der Waals surface area contributed by atoms with E-state index in [1.54, 1.807) is 0 Å². The number of hydrogen-bond acceptors (Lipinski definition) is 3. The van der Waals surface area contributed by atoms with Crippen molar-refractivity contribution >= 4 is 5.91 Å². The summed E-state index contributed by atoms with van der Waals surface area (Å²) in [5.74, 6) is 1.21. The average Bonchev–Trinajstić information content (AvgIpc) is 3.36. The van der Waals surface area contributed by atoms with Crippen molar-refractivity contribution in [3.8, 4) is 0 Å². The van der Waals surface area contributed by atoms with Gasteiger partial charge in [0.25, 0.3) is 0 Å². The fourth-order valence-corrected chi connectivity index (χ4v) is 4.55. The third-order valence-corrected chi connectivity index (χ3v) is 6.25. The quantitative estimate of drug-likeness (QED) is 0.903. The summed E-state index contributed by atoms with van der Waals surface area (Å²) in [5.41, 5.74) is 2.40. The van der Waals surface area contributed by atoms with Gasteiger partial charge in [-0.05, 0) is 69.9 Å². The summed E-state index contributed by atoms with van der Waals surface area (Å²) in [4.78, 5) is 19.2. The lowest BCUT2D eigenvalue weighted by atomic mass is 9.77. The number of hydrogen-bond donors (Lipinski definition) is 1. The van der Waals surface area contributed by atoms with Crippen LogP contribution in [0.25, 0.3) is 0 Å². The molecular weight excluding hydrogens is 298 g/mol. The third-order valence-electron chi connectivity index (χ3n) is 6.25. The molecule has 0 aromatic carbocycles. The van der Waals surface area contributed by atoms with Gasteiger partial charge in [-0.25, -0.2) is 0 Å². The number of aryl methyl sites for hydroxylation is 1. The summed E-state index contributed by atoms with van der Waals surface area (Å²) >= 11 is 0. The Labute approximate surface area is 145 Å². The molecule has 1 N–H and O–H groups in total. The number of rotatable bonds is 5. The maximum atomic E-state index is 12.3. The minimum absolute atomic E-state index is 0.194. The van der Waals surface area contributed by atoms with Gasteiger partial charge >= 0.3 is 0 Å². The van der Waals surface area contributed by atoms with E-state index < -0.39 is 0 Å². The predicted molar refractivity (Wildman–Crippen MR) is 94.5 cm³/mol. The van der Waals surface area contributed by atoms with Crippen molar-refractivity contribution in [2.45, 2.75) is 76.4 Å². The molecule has 1 amide bonds. The van der Waals surface area contributed by atoms with Crippen molar-refractivity contribution in [1.82, 2.24) is 15.2 Å². The van der Waals surface area contributed by atoms with Gasteiger partial charge in [-0.1, -0.05) is 6.07 Å². The number of amides is 1. The van der Waals surface area contributed by atoms with Crippen LogP contribution in [0.15, 0.2) is 18.2 Å². The van der Waals surface area contributed by atoms with E-state index in [1.807, 2.05) is 13.0 Å². The fraction of sp³-hybridized carbons (Fsp3) is 0.700. The Morgan fingerprint density at radius 2 is 2.00 bits per heavy atom. The molecule has 2 heterocycles. The van der Waals surface area contributed by atoms with Crippen LogP contribution in [0.3, 0.4) is 0 Å². The Hall–Kier alpha value is -1.42. The topological polar surface area (TPSA) is 45.2 Å². The van der Waals surface area contributed by atoms with Gasteiger partial charge in [-0.3, -0.25) is 9.78 Å². The van der Waals surface area contributed by atoms with Crippen molar-refractivity contribution in [3.63, 3.8) is 0 Å². The number of nitrogens with zero attached hydrogens (tertiary/aromatic N) is 2. The molecule has 24 heavy (non-hydrogen) atoms. The molecule has 2 saturated carbocycles. The fourth-order valence-electron chi connectivity index (χ4n) is 4.55. The van der Waals surface area contributed by atoms with Crippen LogP contribution in [0.2, 0.25) is 0 Å². The van der Waals surface area contributed by atoms with Crippen LogP contribution in [-0.2, 0) is 11.3 Å². The number of likely N-dealkylation sites (tertiary alicyclic amines) is 1. The number of aromatic nitrogens is 1. The van der Waals surface area contributed by atoms with Gasteiger partial charge in [0.1, 0.15) is 0 Å². The molecule has 1 aliphatic heterocycles. The van der Waals surface area contributed by atoms with Crippen LogP contribution in [0.4, 0.5) is 0 Å². The Morgan fingerprint density at radius 3 is 2.71 bits per heavy atom. The molecule has 130 valence electrons. The average molecular weight is 327 g/mol. The van der Waals surface area contributed by atoms with Gasteiger partial charge in [0.05, 0.1) is 5.69 Å². The van der Waals surface area contributed by atoms with Gasteiger partial charge in [0, 0.05) is 36.8 Å². The first-order chi connectivity index (χ1) is 11.6. The second-order valence-electron chi connectivity index (χ2n) is 8.10. The second-order valence-corrected chi connectivity index (χ2v) is 8.10. The number of pyridine rings is 1. The normalized spacial score (nSPS) is 30.3. The Morgan fingerprint density at radius 1 is 1.21 bits per heavy atom. The summed E-state index contributed by atoms with van der Waals surface area (Å²) < 4.78 is 0. The first-order valence-electron chi connectivity index (χ1n) is 9.61. The smallest absolute Gasteiger partial charge is 0.223 e. The summed E-state index contributed by atoms with van der Waals surface area (Å²) in [6.45, 7) is 3.92. The third kappa shape index (κ3) is 3.34. The second kappa shape index (κ2) is 6.47. The van der Waals surface area contributed by atoms with Crippen LogP contribution in [0.1, 0.15) is 62.8 Å². The van der Waals surface area contributed by atoms with Gasteiger partial charge in [-0.15, -0.1) is 0 Å². The largest absolute Gasteiger partial charge is 0.337 e. The highest BCUT2D eigenvalue weighted by Crippen LogP contribution is 2.44. The van der Waals surface area contributed by atoms with E-state index >= 15 is 0 Å². The molecule has 2 aliphatic carbocycles. The first-order valence-corrected chi connectivity index (χ1v) is 9.61. The highest BCUT2D eigenvalue weighted by Gasteiger charge is 2.48. The monoisotopic (exact) mass is 327 g/mol. The highest BCUT2D eigenvalue weighted by atomic mass is 16.2. The van der Waals surface area contributed by atoms with Crippen molar-refractivity contribution < 1.29 is 4.79 Å². The Balaban J connectivity index is 1.31. The molecule has 1 spiro atoms. The maximum Gasteiger partial charge on any atom is 0.223 e. The van der Waals surface area contributed by atoms with E-state index in [4.69, 9.17) is 0 Å². The van der Waals surface area contributed by atoms with Crippen LogP contribution < -0.4 is 5.32 Å². The zero-order valence-electron chi connectivity index (χ0n) is 14.8. The molecule has 3 fully saturated rings. The summed E-state index contributed by atoms with van der Waals surface area (Å²) in [6.07, 6.45) is 9.22. The molecule has 1 saturated heterocycles. The predicted octanol–water partition coefficient (Wildman–Crippen LogP) is 3.19. The minimum atomic E-state index is 0.194. The molecule has 0 atom stereocenters. The van der Waals surface area contributed by atoms with Crippen LogP contribution in [0.5, 0.6) is 0 Å². The summed E-state index contributed by atoms with van der Waals surface area (Å²) in [7, 11) is 0. The first kappa shape index (κ1) is 16.1. The van der Waals surface area contributed by atoms with Crippen LogP contribution in [0, 0.1) is 12.8 Å². The maximum absolute atomic E-state index is 12.3. The van der Waals surface area contributed by atoms with E-state index in [0.717, 1.165) is 43.2 Å². The van der Waals surface area contributed by atoms with Crippen LogP contribution in [-0.4, -0.2) is 33.9 Å². The van der Waals surface area contributed by atoms with Crippen molar-refractivity contribution in [3.05, 3.63) is 29.6 Å². The van der Waals surface area contributed by atoms with Gasteiger partial charge < -0.3 is 10.2 Å². The molecule has 4 heteroatoms. The minimum Gasteiger partial charge on any atom is -0.337 e.